The third kappa shape index (κ3) is 4.16. The van der Waals surface area contributed by atoms with Gasteiger partial charge in [-0.3, -0.25) is 28.6 Å². The first-order chi connectivity index (χ1) is 18.1. The average molecular weight is 540 g/mol. The van der Waals surface area contributed by atoms with Crippen LogP contribution in [0.3, 0.4) is 0 Å². The first kappa shape index (κ1) is 26.3. The van der Waals surface area contributed by atoms with Gasteiger partial charge in [0.15, 0.2) is 0 Å². The number of aliphatic imine (C=N–C) groups is 1. The van der Waals surface area contributed by atoms with E-state index < -0.39 is 16.8 Å². The van der Waals surface area contributed by atoms with Gasteiger partial charge in [0.1, 0.15) is 16.1 Å². The molecule has 2 saturated carbocycles. The van der Waals surface area contributed by atoms with Crippen molar-refractivity contribution in [2.45, 2.75) is 63.6 Å². The van der Waals surface area contributed by atoms with Gasteiger partial charge in [-0.1, -0.05) is 37.3 Å². The van der Waals surface area contributed by atoms with Crippen LogP contribution in [0.15, 0.2) is 44.9 Å². The van der Waals surface area contributed by atoms with E-state index in [1.807, 2.05) is 37.3 Å². The lowest BCUT2D eigenvalue weighted by molar-refractivity contribution is -0.141. The Hall–Kier alpha value is -3.34. The Morgan fingerprint density at radius 2 is 1.79 bits per heavy atom. The van der Waals surface area contributed by atoms with Crippen LogP contribution in [0.5, 0.6) is 5.88 Å². The number of nitrogens with zero attached hydrogens (tertiary/aromatic N) is 4. The minimum atomic E-state index is -0.812. The summed E-state index contributed by atoms with van der Waals surface area (Å²) in [5.74, 6) is 0.106. The Kier molecular flexibility index (Phi) is 6.75. The smallest absolute Gasteiger partial charge is 0.334 e. The lowest BCUT2D eigenvalue weighted by Crippen LogP contribution is -2.63. The molecule has 2 heterocycles. The molecule has 0 radical (unpaired) electrons. The summed E-state index contributed by atoms with van der Waals surface area (Å²) >= 11 is 1.35. The number of hydrogen-bond donors (Lipinski definition) is 2. The number of nitrogens with one attached hydrogen (secondary N) is 1. The quantitative estimate of drug-likeness (QED) is 0.342. The highest BCUT2D eigenvalue weighted by Gasteiger charge is 2.64. The number of carbonyl (C=O) groups is 2. The van der Waals surface area contributed by atoms with Crippen LogP contribution in [-0.2, 0) is 11.3 Å². The van der Waals surface area contributed by atoms with Crippen LogP contribution in [0, 0.1) is 5.41 Å². The summed E-state index contributed by atoms with van der Waals surface area (Å²) in [7, 11) is 3.07. The summed E-state index contributed by atoms with van der Waals surface area (Å²) in [5, 5.41) is 14.4. The van der Waals surface area contributed by atoms with Crippen molar-refractivity contribution in [1.82, 2.24) is 19.4 Å². The molecule has 2 aromatic rings. The minimum Gasteiger partial charge on any atom is -0.494 e. The molecule has 10 nitrogen and oxygen atoms in total. The fourth-order valence-electron chi connectivity index (χ4n) is 6.51. The van der Waals surface area contributed by atoms with Crippen LogP contribution in [0.2, 0.25) is 0 Å². The zero-order chi connectivity index (χ0) is 27.2. The van der Waals surface area contributed by atoms with Crippen LogP contribution in [0.1, 0.15) is 62.6 Å². The van der Waals surface area contributed by atoms with Gasteiger partial charge in [0.2, 0.25) is 5.88 Å². The molecule has 11 heteroatoms. The molecule has 5 rings (SSSR count). The van der Waals surface area contributed by atoms with E-state index in [0.29, 0.717) is 36.5 Å². The third-order valence-electron chi connectivity index (χ3n) is 8.33. The van der Waals surface area contributed by atoms with Crippen LogP contribution in [0.4, 0.5) is 4.79 Å². The number of likely N-dealkylation sites (N-methyl/N-ethyl adjacent to an activating group) is 1. The highest BCUT2D eigenvalue weighted by Crippen LogP contribution is 2.59. The summed E-state index contributed by atoms with van der Waals surface area (Å²) < 4.78 is 2.57. The van der Waals surface area contributed by atoms with Gasteiger partial charge in [0, 0.05) is 20.1 Å². The lowest BCUT2D eigenvalue weighted by Gasteiger charge is -2.55. The monoisotopic (exact) mass is 539 g/mol. The SMILES string of the molecule is CCSC(=NC)c1c(O)n(Cc2ccccc2)c(=O)n(C2CCC3(CC2)CC2(C3)NC(=O)N(C)C2=O)c1=O. The summed E-state index contributed by atoms with van der Waals surface area (Å²) in [6.07, 6.45) is 3.83. The molecule has 1 aromatic carbocycles. The van der Waals surface area contributed by atoms with E-state index in [2.05, 4.69) is 10.3 Å². The molecule has 1 aliphatic heterocycles. The number of imide groups is 1. The second-order valence-corrected chi connectivity index (χ2v) is 11.9. The predicted octanol–water partition coefficient (Wildman–Crippen LogP) is 2.71. The van der Waals surface area contributed by atoms with E-state index in [4.69, 9.17) is 0 Å². The van der Waals surface area contributed by atoms with Gasteiger partial charge in [0.05, 0.1) is 6.54 Å². The second kappa shape index (κ2) is 9.76. The molecule has 0 atom stereocenters. The van der Waals surface area contributed by atoms with E-state index in [1.165, 1.54) is 27.9 Å². The molecule has 2 N–H and O–H groups in total. The van der Waals surface area contributed by atoms with Crippen molar-refractivity contribution in [3.8, 4) is 5.88 Å². The van der Waals surface area contributed by atoms with Gasteiger partial charge in [-0.25, -0.2) is 9.59 Å². The van der Waals surface area contributed by atoms with E-state index in [-0.39, 0.29) is 41.4 Å². The third-order valence-corrected chi connectivity index (χ3v) is 9.28. The first-order valence-corrected chi connectivity index (χ1v) is 14.0. The van der Waals surface area contributed by atoms with Crippen LogP contribution in [0.25, 0.3) is 0 Å². The summed E-state index contributed by atoms with van der Waals surface area (Å²) in [4.78, 5) is 57.5. The fraction of sp³-hybridized carbons (Fsp3) is 0.519. The van der Waals surface area contributed by atoms with E-state index in [1.54, 1.807) is 7.05 Å². The zero-order valence-electron chi connectivity index (χ0n) is 21.9. The van der Waals surface area contributed by atoms with Gasteiger partial charge in [-0.15, -0.1) is 11.8 Å². The fourth-order valence-corrected chi connectivity index (χ4v) is 7.24. The standard InChI is InChI=1S/C27H33N5O5S/c1-4-38-20(28-2)19-21(33)31(14-17-8-6-5-7-9-17)25(37)32(22(19)34)18-10-12-26(13-11-18)15-27(16-26)23(35)30(3)24(36)29-27/h5-9,18,33H,4,10-16H2,1-3H3,(H,29,36). The molecule has 38 heavy (non-hydrogen) atoms. The Bertz CT molecular complexity index is 1410. The maximum Gasteiger partial charge on any atom is 0.334 e. The summed E-state index contributed by atoms with van der Waals surface area (Å²) in [6, 6.07) is 8.65. The zero-order valence-corrected chi connectivity index (χ0v) is 22.7. The number of aromatic hydroxyl groups is 1. The van der Waals surface area contributed by atoms with Crippen LogP contribution >= 0.6 is 11.8 Å². The Balaban J connectivity index is 1.47. The Morgan fingerprint density at radius 3 is 2.34 bits per heavy atom. The van der Waals surface area contributed by atoms with E-state index in [9.17, 15) is 24.3 Å². The van der Waals surface area contributed by atoms with Crippen molar-refractivity contribution in [2.75, 3.05) is 19.8 Å². The van der Waals surface area contributed by atoms with Crippen molar-refractivity contribution in [2.24, 2.45) is 10.4 Å². The Morgan fingerprint density at radius 1 is 1.13 bits per heavy atom. The number of hydrogen-bond acceptors (Lipinski definition) is 7. The molecule has 3 amide bonds. The largest absolute Gasteiger partial charge is 0.494 e. The van der Waals surface area contributed by atoms with Gasteiger partial charge in [-0.05, 0) is 55.3 Å². The topological polar surface area (TPSA) is 126 Å². The van der Waals surface area contributed by atoms with E-state index >= 15 is 0 Å². The molecule has 2 aliphatic carbocycles. The number of aromatic nitrogens is 2. The lowest BCUT2D eigenvalue weighted by atomic mass is 9.51. The normalized spacial score (nSPS) is 27.2. The molecule has 0 bridgehead atoms. The van der Waals surface area contributed by atoms with E-state index in [0.717, 1.165) is 23.3 Å². The number of rotatable bonds is 5. The first-order valence-electron chi connectivity index (χ1n) is 13.0. The second-order valence-electron chi connectivity index (χ2n) is 10.7. The van der Waals surface area contributed by atoms with Crippen molar-refractivity contribution in [3.63, 3.8) is 0 Å². The van der Waals surface area contributed by atoms with Crippen LogP contribution in [-0.4, -0.2) is 61.5 Å². The predicted molar refractivity (Wildman–Crippen MR) is 146 cm³/mol. The van der Waals surface area contributed by atoms with Crippen molar-refractivity contribution in [1.29, 1.82) is 0 Å². The molecular formula is C27H33N5O5S. The maximum absolute atomic E-state index is 13.8. The molecule has 202 valence electrons. The number of thioether (sulfide) groups is 1. The molecule has 1 saturated heterocycles. The molecular weight excluding hydrogens is 506 g/mol. The molecule has 1 aromatic heterocycles. The number of urea groups is 1. The van der Waals surface area contributed by atoms with Crippen molar-refractivity contribution < 1.29 is 14.7 Å². The summed E-state index contributed by atoms with van der Waals surface area (Å²) in [5.41, 5.74) is -1.08. The number of carbonyl (C=O) groups excluding carboxylic acids is 2. The van der Waals surface area contributed by atoms with Gasteiger partial charge in [0.25, 0.3) is 11.5 Å². The highest BCUT2D eigenvalue weighted by molar-refractivity contribution is 8.14. The molecule has 2 spiro atoms. The molecule has 3 fully saturated rings. The number of amides is 3. The summed E-state index contributed by atoms with van der Waals surface area (Å²) in [6.45, 7) is 2.06. The van der Waals surface area contributed by atoms with Crippen molar-refractivity contribution in [3.05, 3.63) is 62.3 Å². The highest BCUT2D eigenvalue weighted by atomic mass is 32.2. The van der Waals surface area contributed by atoms with Crippen LogP contribution < -0.4 is 16.6 Å². The average Bonchev–Trinajstić information content (AvgIpc) is 3.11. The Labute approximate surface area is 224 Å². The maximum atomic E-state index is 13.8. The molecule has 3 aliphatic rings. The van der Waals surface area contributed by atoms with Crippen molar-refractivity contribution >= 4 is 28.7 Å². The molecule has 0 unspecified atom stereocenters. The van der Waals surface area contributed by atoms with Gasteiger partial charge >= 0.3 is 11.7 Å². The minimum absolute atomic E-state index is 0.0556. The van der Waals surface area contributed by atoms with Gasteiger partial charge < -0.3 is 10.4 Å². The number of benzene rings is 1. The van der Waals surface area contributed by atoms with Gasteiger partial charge in [-0.2, -0.15) is 0 Å².